The molecule has 0 bridgehead atoms. The van der Waals surface area contributed by atoms with Crippen molar-refractivity contribution < 1.29 is 0 Å². The monoisotopic (exact) mass is 264 g/mol. The SMILES string of the molecule is CCNC1(c2nc3c(s2)CCC3)CCC(CC)C1. The molecule has 0 aliphatic heterocycles. The Morgan fingerprint density at radius 1 is 1.39 bits per heavy atom. The quantitative estimate of drug-likeness (QED) is 0.898. The van der Waals surface area contributed by atoms with E-state index in [1.807, 2.05) is 11.3 Å². The van der Waals surface area contributed by atoms with Crippen molar-refractivity contribution in [3.8, 4) is 0 Å². The Morgan fingerprint density at radius 2 is 2.28 bits per heavy atom. The average molecular weight is 264 g/mol. The standard InChI is InChI=1S/C15H24N2S/c1-3-11-8-9-15(10-11,16-4-2)14-17-12-6-5-7-13(12)18-14/h11,16H,3-10H2,1-2H3. The number of hydrogen-bond donors (Lipinski definition) is 1. The third-order valence-electron chi connectivity index (χ3n) is 4.71. The Labute approximate surface area is 114 Å². The number of rotatable bonds is 4. The third kappa shape index (κ3) is 2.01. The van der Waals surface area contributed by atoms with Crippen LogP contribution >= 0.6 is 11.3 Å². The van der Waals surface area contributed by atoms with E-state index in [9.17, 15) is 0 Å². The number of fused-ring (bicyclic) bond motifs is 1. The predicted octanol–water partition coefficient (Wildman–Crippen LogP) is 3.65. The molecule has 0 spiro atoms. The summed E-state index contributed by atoms with van der Waals surface area (Å²) in [5.74, 6) is 0.891. The summed E-state index contributed by atoms with van der Waals surface area (Å²) in [6.45, 7) is 5.61. The minimum atomic E-state index is 0.213. The topological polar surface area (TPSA) is 24.9 Å². The van der Waals surface area contributed by atoms with Gasteiger partial charge in [-0.15, -0.1) is 11.3 Å². The molecule has 1 aromatic rings. The van der Waals surface area contributed by atoms with Crippen LogP contribution in [0.4, 0.5) is 0 Å². The van der Waals surface area contributed by atoms with Gasteiger partial charge in [-0.25, -0.2) is 4.98 Å². The van der Waals surface area contributed by atoms with Crippen LogP contribution in [-0.2, 0) is 18.4 Å². The first-order chi connectivity index (χ1) is 8.77. The van der Waals surface area contributed by atoms with E-state index < -0.39 is 0 Å². The van der Waals surface area contributed by atoms with E-state index in [-0.39, 0.29) is 5.54 Å². The van der Waals surface area contributed by atoms with Crippen LogP contribution < -0.4 is 5.32 Å². The van der Waals surface area contributed by atoms with Crippen molar-refractivity contribution in [1.82, 2.24) is 10.3 Å². The molecule has 100 valence electrons. The predicted molar refractivity (Wildman–Crippen MR) is 77.1 cm³/mol. The largest absolute Gasteiger partial charge is 0.306 e. The third-order valence-corrected chi connectivity index (χ3v) is 6.08. The normalized spacial score (nSPS) is 30.9. The van der Waals surface area contributed by atoms with E-state index in [1.54, 1.807) is 4.88 Å². The lowest BCUT2D eigenvalue weighted by Crippen LogP contribution is -2.40. The smallest absolute Gasteiger partial charge is 0.113 e. The number of nitrogens with one attached hydrogen (secondary N) is 1. The lowest BCUT2D eigenvalue weighted by atomic mass is 9.95. The maximum absolute atomic E-state index is 4.99. The molecule has 2 aliphatic rings. The van der Waals surface area contributed by atoms with Crippen molar-refractivity contribution in [3.63, 3.8) is 0 Å². The molecule has 3 rings (SSSR count). The molecule has 0 aromatic carbocycles. The maximum atomic E-state index is 4.99. The second-order valence-electron chi connectivity index (χ2n) is 5.87. The van der Waals surface area contributed by atoms with Crippen LogP contribution in [0.25, 0.3) is 0 Å². The number of thiazole rings is 1. The summed E-state index contributed by atoms with van der Waals surface area (Å²) in [5.41, 5.74) is 1.62. The van der Waals surface area contributed by atoms with Gasteiger partial charge >= 0.3 is 0 Å². The second-order valence-corrected chi connectivity index (χ2v) is 6.96. The number of aryl methyl sites for hydroxylation is 2. The zero-order valence-corrected chi connectivity index (χ0v) is 12.4. The average Bonchev–Trinajstić information content (AvgIpc) is 3.01. The summed E-state index contributed by atoms with van der Waals surface area (Å²) in [6.07, 6.45) is 9.07. The summed E-state index contributed by atoms with van der Waals surface area (Å²) in [6, 6.07) is 0. The highest BCUT2D eigenvalue weighted by Gasteiger charge is 2.42. The molecule has 2 atom stereocenters. The Hall–Kier alpha value is -0.410. The lowest BCUT2D eigenvalue weighted by Gasteiger charge is -2.28. The van der Waals surface area contributed by atoms with Crippen molar-refractivity contribution in [2.75, 3.05) is 6.54 Å². The van der Waals surface area contributed by atoms with Gasteiger partial charge in [0.05, 0.1) is 11.2 Å². The molecule has 1 heterocycles. The zero-order chi connectivity index (χ0) is 12.6. The Kier molecular flexibility index (Phi) is 3.46. The molecule has 1 saturated carbocycles. The van der Waals surface area contributed by atoms with Crippen LogP contribution in [0.5, 0.6) is 0 Å². The molecule has 0 saturated heterocycles. The first kappa shape index (κ1) is 12.6. The van der Waals surface area contributed by atoms with Crippen LogP contribution in [0.15, 0.2) is 0 Å². The molecule has 3 heteroatoms. The van der Waals surface area contributed by atoms with Gasteiger partial charge in [0.25, 0.3) is 0 Å². The summed E-state index contributed by atoms with van der Waals surface area (Å²) in [4.78, 5) is 6.56. The Bertz CT molecular complexity index is 405. The molecule has 2 unspecified atom stereocenters. The van der Waals surface area contributed by atoms with Crippen molar-refractivity contribution in [3.05, 3.63) is 15.6 Å². The van der Waals surface area contributed by atoms with Crippen molar-refractivity contribution in [1.29, 1.82) is 0 Å². The van der Waals surface area contributed by atoms with Gasteiger partial charge in [0.2, 0.25) is 0 Å². The van der Waals surface area contributed by atoms with Gasteiger partial charge in [-0.3, -0.25) is 0 Å². The van der Waals surface area contributed by atoms with Crippen molar-refractivity contribution in [2.45, 2.75) is 64.3 Å². The Balaban J connectivity index is 1.89. The van der Waals surface area contributed by atoms with E-state index in [0.717, 1.165) is 12.5 Å². The summed E-state index contributed by atoms with van der Waals surface area (Å²) < 4.78 is 0. The van der Waals surface area contributed by atoms with E-state index >= 15 is 0 Å². The fourth-order valence-electron chi connectivity index (χ4n) is 3.66. The highest BCUT2D eigenvalue weighted by Crippen LogP contribution is 2.46. The van der Waals surface area contributed by atoms with Gasteiger partial charge in [0, 0.05) is 4.88 Å². The van der Waals surface area contributed by atoms with Crippen LogP contribution in [0, 0.1) is 5.92 Å². The molecule has 18 heavy (non-hydrogen) atoms. The highest BCUT2D eigenvalue weighted by molar-refractivity contribution is 7.12. The molecule has 1 N–H and O–H groups in total. The van der Waals surface area contributed by atoms with Crippen LogP contribution in [0.2, 0.25) is 0 Å². The Morgan fingerprint density at radius 3 is 2.94 bits per heavy atom. The zero-order valence-electron chi connectivity index (χ0n) is 11.6. The summed E-state index contributed by atoms with van der Waals surface area (Å²) in [7, 11) is 0. The molecule has 0 radical (unpaired) electrons. The lowest BCUT2D eigenvalue weighted by molar-refractivity contribution is 0.331. The molecular formula is C15H24N2S. The molecule has 1 fully saturated rings. The van der Waals surface area contributed by atoms with Crippen molar-refractivity contribution >= 4 is 11.3 Å². The van der Waals surface area contributed by atoms with E-state index in [2.05, 4.69) is 19.2 Å². The molecule has 1 aromatic heterocycles. The summed E-state index contributed by atoms with van der Waals surface area (Å²) in [5, 5.41) is 5.17. The van der Waals surface area contributed by atoms with Gasteiger partial charge in [-0.05, 0) is 51.0 Å². The first-order valence-corrected chi connectivity index (χ1v) is 8.33. The molecule has 0 amide bonds. The molecule has 2 nitrogen and oxygen atoms in total. The van der Waals surface area contributed by atoms with E-state index in [4.69, 9.17) is 4.98 Å². The van der Waals surface area contributed by atoms with Gasteiger partial charge in [0.15, 0.2) is 0 Å². The maximum Gasteiger partial charge on any atom is 0.113 e. The number of hydrogen-bond acceptors (Lipinski definition) is 3. The second kappa shape index (κ2) is 4.93. The number of aromatic nitrogens is 1. The minimum Gasteiger partial charge on any atom is -0.306 e. The number of nitrogens with zero attached hydrogens (tertiary/aromatic N) is 1. The van der Waals surface area contributed by atoms with Crippen LogP contribution in [0.3, 0.4) is 0 Å². The fraction of sp³-hybridized carbons (Fsp3) is 0.800. The summed E-state index contributed by atoms with van der Waals surface area (Å²) >= 11 is 2.00. The minimum absolute atomic E-state index is 0.213. The first-order valence-electron chi connectivity index (χ1n) is 7.51. The van der Waals surface area contributed by atoms with Crippen LogP contribution in [-0.4, -0.2) is 11.5 Å². The highest BCUT2D eigenvalue weighted by atomic mass is 32.1. The van der Waals surface area contributed by atoms with Gasteiger partial charge in [-0.1, -0.05) is 20.3 Å². The van der Waals surface area contributed by atoms with Crippen molar-refractivity contribution in [2.24, 2.45) is 5.92 Å². The van der Waals surface area contributed by atoms with Gasteiger partial charge < -0.3 is 5.32 Å². The molecular weight excluding hydrogens is 240 g/mol. The van der Waals surface area contributed by atoms with Gasteiger partial charge in [-0.2, -0.15) is 0 Å². The van der Waals surface area contributed by atoms with Crippen LogP contribution in [0.1, 0.15) is 61.5 Å². The van der Waals surface area contributed by atoms with E-state index in [0.29, 0.717) is 0 Å². The molecule has 2 aliphatic carbocycles. The van der Waals surface area contributed by atoms with Gasteiger partial charge in [0.1, 0.15) is 5.01 Å². The van der Waals surface area contributed by atoms with E-state index in [1.165, 1.54) is 55.6 Å². The fourth-order valence-corrected chi connectivity index (χ4v) is 5.01.